The molecular formula is C11H20N2O4. The Morgan fingerprint density at radius 2 is 2.41 bits per heavy atom. The van der Waals surface area contributed by atoms with Gasteiger partial charge in [0.05, 0.1) is 13.2 Å². The maximum Gasteiger partial charge on any atom is 0.332 e. The van der Waals surface area contributed by atoms with Crippen LogP contribution in [0.3, 0.4) is 0 Å². The van der Waals surface area contributed by atoms with E-state index in [1.165, 1.54) is 0 Å². The molecule has 0 spiro atoms. The first-order valence-electron chi connectivity index (χ1n) is 5.95. The Bertz CT molecular complexity index is 248. The number of nitrogens with one attached hydrogen (secondary N) is 2. The first kappa shape index (κ1) is 13.9. The predicted octanol–water partition coefficient (Wildman–Crippen LogP) is -0.566. The van der Waals surface area contributed by atoms with Crippen molar-refractivity contribution in [3.63, 3.8) is 0 Å². The molecule has 1 fully saturated rings. The fraction of sp³-hybridized carbons (Fsp3) is 0.818. The van der Waals surface area contributed by atoms with Crippen molar-refractivity contribution in [1.82, 2.24) is 10.6 Å². The molecule has 0 aliphatic carbocycles. The van der Waals surface area contributed by atoms with Crippen molar-refractivity contribution in [2.45, 2.75) is 25.8 Å². The van der Waals surface area contributed by atoms with E-state index in [1.54, 1.807) is 6.92 Å². The molecule has 1 aliphatic heterocycles. The average Bonchev–Trinajstić information content (AvgIpc) is 2.31. The lowest BCUT2D eigenvalue weighted by Crippen LogP contribution is -2.46. The Labute approximate surface area is 101 Å². The van der Waals surface area contributed by atoms with E-state index in [9.17, 15) is 9.59 Å². The van der Waals surface area contributed by atoms with Crippen LogP contribution >= 0.6 is 0 Å². The quantitative estimate of drug-likeness (QED) is 0.463. The van der Waals surface area contributed by atoms with Crippen molar-refractivity contribution in [3.05, 3.63) is 0 Å². The zero-order chi connectivity index (χ0) is 12.5. The molecule has 1 rings (SSSR count). The third-order valence-corrected chi connectivity index (χ3v) is 2.47. The fourth-order valence-electron chi connectivity index (χ4n) is 1.60. The highest BCUT2D eigenvalue weighted by molar-refractivity contribution is 5.76. The summed E-state index contributed by atoms with van der Waals surface area (Å²) in [6.45, 7) is 3.93. The van der Waals surface area contributed by atoms with Crippen LogP contribution in [0.25, 0.3) is 0 Å². The molecule has 1 saturated heterocycles. The zero-order valence-electron chi connectivity index (χ0n) is 10.2. The molecule has 0 aromatic heterocycles. The fourth-order valence-corrected chi connectivity index (χ4v) is 1.60. The number of amides is 1. The first-order chi connectivity index (χ1) is 8.22. The summed E-state index contributed by atoms with van der Waals surface area (Å²) in [6, 6.07) is 0.305. The molecule has 1 amide bonds. The SMILES string of the molecule is CCOC(=O)COCCNC1CCC(=O)NC1. The number of esters is 1. The van der Waals surface area contributed by atoms with E-state index in [2.05, 4.69) is 10.6 Å². The molecule has 1 heterocycles. The molecule has 17 heavy (non-hydrogen) atoms. The van der Waals surface area contributed by atoms with Gasteiger partial charge < -0.3 is 20.1 Å². The van der Waals surface area contributed by atoms with Crippen LogP contribution < -0.4 is 10.6 Å². The van der Waals surface area contributed by atoms with Crippen molar-refractivity contribution in [1.29, 1.82) is 0 Å². The van der Waals surface area contributed by atoms with E-state index in [1.807, 2.05) is 0 Å². The molecule has 0 aromatic carbocycles. The molecule has 1 aliphatic rings. The normalized spacial score (nSPS) is 19.8. The summed E-state index contributed by atoms with van der Waals surface area (Å²) in [5, 5.41) is 6.05. The minimum atomic E-state index is -0.336. The van der Waals surface area contributed by atoms with Gasteiger partial charge in [-0.2, -0.15) is 0 Å². The van der Waals surface area contributed by atoms with Gasteiger partial charge in [-0.25, -0.2) is 4.79 Å². The third kappa shape index (κ3) is 6.23. The van der Waals surface area contributed by atoms with Crippen molar-refractivity contribution in [3.8, 4) is 0 Å². The lowest BCUT2D eigenvalue weighted by atomic mass is 10.1. The van der Waals surface area contributed by atoms with Gasteiger partial charge in [-0.3, -0.25) is 4.79 Å². The van der Waals surface area contributed by atoms with E-state index in [0.717, 1.165) is 6.42 Å². The molecule has 0 bridgehead atoms. The number of carbonyl (C=O) groups excluding carboxylic acids is 2. The second-order valence-electron chi connectivity index (χ2n) is 3.85. The molecular weight excluding hydrogens is 224 g/mol. The maximum absolute atomic E-state index is 10.9. The molecule has 6 nitrogen and oxygen atoms in total. The summed E-state index contributed by atoms with van der Waals surface area (Å²) in [5.74, 6) is -0.223. The van der Waals surface area contributed by atoms with Gasteiger partial charge in [0.2, 0.25) is 5.91 Å². The van der Waals surface area contributed by atoms with Crippen molar-refractivity contribution >= 4 is 11.9 Å². The van der Waals surface area contributed by atoms with Crippen LogP contribution in [0.5, 0.6) is 0 Å². The lowest BCUT2D eigenvalue weighted by Gasteiger charge is -2.23. The highest BCUT2D eigenvalue weighted by atomic mass is 16.6. The summed E-state index contributed by atoms with van der Waals surface area (Å²) in [4.78, 5) is 21.8. The Morgan fingerprint density at radius 3 is 3.06 bits per heavy atom. The van der Waals surface area contributed by atoms with E-state index >= 15 is 0 Å². The summed E-state index contributed by atoms with van der Waals surface area (Å²) in [7, 11) is 0. The van der Waals surface area contributed by atoms with Gasteiger partial charge in [0.1, 0.15) is 6.61 Å². The van der Waals surface area contributed by atoms with Gasteiger partial charge in [0.25, 0.3) is 0 Å². The van der Waals surface area contributed by atoms with Crippen LogP contribution in [0.1, 0.15) is 19.8 Å². The van der Waals surface area contributed by atoms with E-state index < -0.39 is 0 Å². The van der Waals surface area contributed by atoms with Crippen LogP contribution in [0, 0.1) is 0 Å². The monoisotopic (exact) mass is 244 g/mol. The summed E-state index contributed by atoms with van der Waals surface area (Å²) >= 11 is 0. The smallest absolute Gasteiger partial charge is 0.332 e. The number of hydrogen-bond acceptors (Lipinski definition) is 5. The standard InChI is InChI=1S/C11H20N2O4/c1-2-17-11(15)8-16-6-5-12-9-3-4-10(14)13-7-9/h9,12H,2-8H2,1H3,(H,13,14). The Morgan fingerprint density at radius 1 is 1.59 bits per heavy atom. The molecule has 1 atom stereocenters. The molecule has 0 aromatic rings. The lowest BCUT2D eigenvalue weighted by molar-refractivity contribution is -0.148. The molecule has 0 radical (unpaired) electrons. The van der Waals surface area contributed by atoms with Crippen molar-refractivity contribution < 1.29 is 19.1 Å². The van der Waals surface area contributed by atoms with Gasteiger partial charge >= 0.3 is 5.97 Å². The topological polar surface area (TPSA) is 76.7 Å². The number of ether oxygens (including phenoxy) is 2. The number of rotatable bonds is 7. The number of hydrogen-bond donors (Lipinski definition) is 2. The zero-order valence-corrected chi connectivity index (χ0v) is 10.2. The van der Waals surface area contributed by atoms with Gasteiger partial charge in [-0.15, -0.1) is 0 Å². The molecule has 6 heteroatoms. The average molecular weight is 244 g/mol. The van der Waals surface area contributed by atoms with Crippen molar-refractivity contribution in [2.24, 2.45) is 0 Å². The largest absolute Gasteiger partial charge is 0.464 e. The van der Waals surface area contributed by atoms with E-state index in [-0.39, 0.29) is 18.5 Å². The van der Waals surface area contributed by atoms with Crippen LogP contribution in [0.4, 0.5) is 0 Å². The number of carbonyl (C=O) groups is 2. The summed E-state index contributed by atoms with van der Waals surface area (Å²) in [5.41, 5.74) is 0. The number of piperidine rings is 1. The molecule has 2 N–H and O–H groups in total. The maximum atomic E-state index is 10.9. The Kier molecular flexibility index (Phi) is 6.57. The van der Waals surface area contributed by atoms with E-state index in [4.69, 9.17) is 9.47 Å². The first-order valence-corrected chi connectivity index (χ1v) is 5.95. The van der Waals surface area contributed by atoms with Crippen LogP contribution in [0.15, 0.2) is 0 Å². The van der Waals surface area contributed by atoms with Gasteiger partial charge in [0.15, 0.2) is 0 Å². The van der Waals surface area contributed by atoms with Crippen LogP contribution in [-0.2, 0) is 19.1 Å². The highest BCUT2D eigenvalue weighted by Gasteiger charge is 2.16. The van der Waals surface area contributed by atoms with Gasteiger partial charge in [-0.05, 0) is 13.3 Å². The minimum absolute atomic E-state index is 0.00305. The highest BCUT2D eigenvalue weighted by Crippen LogP contribution is 2.01. The Hall–Kier alpha value is -1.14. The predicted molar refractivity (Wildman–Crippen MR) is 61.5 cm³/mol. The van der Waals surface area contributed by atoms with Gasteiger partial charge in [-0.1, -0.05) is 0 Å². The molecule has 1 unspecified atom stereocenters. The van der Waals surface area contributed by atoms with Gasteiger partial charge in [0, 0.05) is 25.6 Å². The van der Waals surface area contributed by atoms with E-state index in [0.29, 0.717) is 38.8 Å². The summed E-state index contributed by atoms with van der Waals surface area (Å²) in [6.07, 6.45) is 1.42. The second-order valence-corrected chi connectivity index (χ2v) is 3.85. The van der Waals surface area contributed by atoms with Crippen LogP contribution in [-0.4, -0.2) is 50.8 Å². The molecule has 98 valence electrons. The van der Waals surface area contributed by atoms with Crippen LogP contribution in [0.2, 0.25) is 0 Å². The summed E-state index contributed by atoms with van der Waals surface area (Å²) < 4.78 is 9.85. The second kappa shape index (κ2) is 8.03. The molecule has 0 saturated carbocycles. The third-order valence-electron chi connectivity index (χ3n) is 2.47. The Balaban J connectivity index is 1.94. The van der Waals surface area contributed by atoms with Crippen molar-refractivity contribution in [2.75, 3.05) is 32.9 Å². The minimum Gasteiger partial charge on any atom is -0.464 e.